The van der Waals surface area contributed by atoms with Crippen molar-refractivity contribution in [1.82, 2.24) is 19.5 Å². The summed E-state index contributed by atoms with van der Waals surface area (Å²) in [6.45, 7) is 3.92. The van der Waals surface area contributed by atoms with E-state index in [9.17, 15) is 0 Å². The van der Waals surface area contributed by atoms with Gasteiger partial charge in [0.25, 0.3) is 0 Å². The van der Waals surface area contributed by atoms with E-state index in [1.807, 2.05) is 48.9 Å². The van der Waals surface area contributed by atoms with Crippen molar-refractivity contribution >= 4 is 34.0 Å². The lowest BCUT2D eigenvalue weighted by Crippen LogP contribution is -2.06. The molecule has 0 aliphatic rings. The summed E-state index contributed by atoms with van der Waals surface area (Å²) in [5, 5.41) is 4.29. The molecule has 1 N–H and O–H groups in total. The van der Waals surface area contributed by atoms with Gasteiger partial charge in [0, 0.05) is 35.8 Å². The lowest BCUT2D eigenvalue weighted by atomic mass is 10.2. The number of imidazole rings is 1. The standard InChI is InChI=1S/C23H24ClN5O4/c1-13(2)33-15-8-17(16-10-25-23(24)28-18(16)9-15)27-21-11-29(12-26-21)14-6-19(30-3)22(32-5)20(7-14)31-4/h6-13,27H,1-5H3. The molecule has 0 aliphatic heterocycles. The quantitative estimate of drug-likeness (QED) is 0.359. The van der Waals surface area contributed by atoms with E-state index in [-0.39, 0.29) is 11.4 Å². The van der Waals surface area contributed by atoms with Gasteiger partial charge in [0.2, 0.25) is 11.0 Å². The van der Waals surface area contributed by atoms with Crippen LogP contribution in [0.15, 0.2) is 43.0 Å². The van der Waals surface area contributed by atoms with E-state index in [1.165, 1.54) is 0 Å². The van der Waals surface area contributed by atoms with Gasteiger partial charge in [-0.25, -0.2) is 15.0 Å². The van der Waals surface area contributed by atoms with Crippen LogP contribution in [0.2, 0.25) is 5.28 Å². The first-order valence-electron chi connectivity index (χ1n) is 10.2. The SMILES string of the molecule is COc1cc(-n2cnc(Nc3cc(OC(C)C)cc4nc(Cl)ncc34)c2)cc(OC)c1OC. The molecule has 2 aromatic carbocycles. The van der Waals surface area contributed by atoms with E-state index >= 15 is 0 Å². The lowest BCUT2D eigenvalue weighted by Gasteiger charge is -2.14. The summed E-state index contributed by atoms with van der Waals surface area (Å²) in [6, 6.07) is 7.41. The lowest BCUT2D eigenvalue weighted by molar-refractivity contribution is 0.243. The molecule has 4 aromatic rings. The zero-order valence-electron chi connectivity index (χ0n) is 18.9. The number of benzene rings is 2. The Labute approximate surface area is 196 Å². The largest absolute Gasteiger partial charge is 0.493 e. The van der Waals surface area contributed by atoms with Crippen molar-refractivity contribution in [2.45, 2.75) is 20.0 Å². The molecule has 9 nitrogen and oxygen atoms in total. The summed E-state index contributed by atoms with van der Waals surface area (Å²) in [5.74, 6) is 2.90. The second kappa shape index (κ2) is 9.41. The highest BCUT2D eigenvalue weighted by atomic mass is 35.5. The molecular formula is C23H24ClN5O4. The molecule has 2 aromatic heterocycles. The first-order valence-corrected chi connectivity index (χ1v) is 10.5. The zero-order valence-corrected chi connectivity index (χ0v) is 19.7. The molecule has 172 valence electrons. The van der Waals surface area contributed by atoms with E-state index in [0.29, 0.717) is 34.3 Å². The highest BCUT2D eigenvalue weighted by Gasteiger charge is 2.15. The van der Waals surface area contributed by atoms with Gasteiger partial charge in [0.05, 0.1) is 50.5 Å². The van der Waals surface area contributed by atoms with Crippen LogP contribution in [0.4, 0.5) is 11.5 Å². The third-order valence-electron chi connectivity index (χ3n) is 4.81. The maximum atomic E-state index is 6.00. The molecule has 2 heterocycles. The molecule has 0 saturated heterocycles. The van der Waals surface area contributed by atoms with Crippen LogP contribution < -0.4 is 24.3 Å². The van der Waals surface area contributed by atoms with Crippen molar-refractivity contribution in [3.8, 4) is 28.7 Å². The van der Waals surface area contributed by atoms with Crippen LogP contribution in [0.1, 0.15) is 13.8 Å². The predicted octanol–water partition coefficient (Wildman–Crippen LogP) is 5.03. The number of methoxy groups -OCH3 is 3. The molecule has 0 spiro atoms. The highest BCUT2D eigenvalue weighted by molar-refractivity contribution is 6.28. The summed E-state index contributed by atoms with van der Waals surface area (Å²) in [4.78, 5) is 12.9. The molecule has 0 unspecified atom stereocenters. The van der Waals surface area contributed by atoms with Crippen LogP contribution in [-0.4, -0.2) is 47.0 Å². The second-order valence-corrected chi connectivity index (χ2v) is 7.72. The summed E-state index contributed by atoms with van der Waals surface area (Å²) in [6.07, 6.45) is 5.21. The van der Waals surface area contributed by atoms with Gasteiger partial charge in [0.1, 0.15) is 17.9 Å². The smallest absolute Gasteiger partial charge is 0.222 e. The minimum Gasteiger partial charge on any atom is -0.493 e. The Kier molecular flexibility index (Phi) is 6.41. The molecular weight excluding hydrogens is 446 g/mol. The fourth-order valence-electron chi connectivity index (χ4n) is 3.41. The van der Waals surface area contributed by atoms with Crippen molar-refractivity contribution in [3.05, 3.63) is 48.3 Å². The monoisotopic (exact) mass is 469 g/mol. The molecule has 4 rings (SSSR count). The maximum Gasteiger partial charge on any atom is 0.222 e. The predicted molar refractivity (Wildman–Crippen MR) is 127 cm³/mol. The number of nitrogens with zero attached hydrogens (tertiary/aromatic N) is 4. The Hall–Kier alpha value is -3.72. The maximum absolute atomic E-state index is 6.00. The van der Waals surface area contributed by atoms with Gasteiger partial charge >= 0.3 is 0 Å². The first kappa shape index (κ1) is 22.5. The molecule has 0 amide bonds. The summed E-state index contributed by atoms with van der Waals surface area (Å²) >= 11 is 6.00. The minimum atomic E-state index is 0.00634. The first-order chi connectivity index (χ1) is 15.9. The summed E-state index contributed by atoms with van der Waals surface area (Å²) in [7, 11) is 4.72. The van der Waals surface area contributed by atoms with Crippen LogP contribution in [0.5, 0.6) is 23.0 Å². The van der Waals surface area contributed by atoms with Crippen LogP contribution in [0.3, 0.4) is 0 Å². The number of fused-ring (bicyclic) bond motifs is 1. The average Bonchev–Trinajstić information content (AvgIpc) is 3.25. The normalized spacial score (nSPS) is 11.0. The van der Waals surface area contributed by atoms with Crippen molar-refractivity contribution in [3.63, 3.8) is 0 Å². The summed E-state index contributed by atoms with van der Waals surface area (Å²) < 4.78 is 24.0. The zero-order chi connectivity index (χ0) is 23.5. The number of anilines is 2. The van der Waals surface area contributed by atoms with Gasteiger partial charge < -0.3 is 28.8 Å². The van der Waals surface area contributed by atoms with E-state index in [2.05, 4.69) is 20.3 Å². The van der Waals surface area contributed by atoms with E-state index < -0.39 is 0 Å². The molecule has 0 fully saturated rings. The van der Waals surface area contributed by atoms with Crippen LogP contribution >= 0.6 is 11.6 Å². The summed E-state index contributed by atoms with van der Waals surface area (Å²) in [5.41, 5.74) is 2.21. The van der Waals surface area contributed by atoms with Gasteiger partial charge in [-0.3, -0.25) is 0 Å². The molecule has 10 heteroatoms. The molecule has 0 saturated carbocycles. The Morgan fingerprint density at radius 2 is 1.70 bits per heavy atom. The number of hydrogen-bond donors (Lipinski definition) is 1. The van der Waals surface area contributed by atoms with Crippen molar-refractivity contribution in [2.75, 3.05) is 26.6 Å². The number of ether oxygens (including phenoxy) is 4. The molecule has 0 atom stereocenters. The van der Waals surface area contributed by atoms with Crippen LogP contribution in [0, 0.1) is 0 Å². The van der Waals surface area contributed by atoms with Crippen LogP contribution in [-0.2, 0) is 0 Å². The number of halogens is 1. The number of hydrogen-bond acceptors (Lipinski definition) is 8. The second-order valence-electron chi connectivity index (χ2n) is 7.38. The van der Waals surface area contributed by atoms with Crippen LogP contribution in [0.25, 0.3) is 16.6 Å². The fraction of sp³-hybridized carbons (Fsp3) is 0.261. The average molecular weight is 470 g/mol. The highest BCUT2D eigenvalue weighted by Crippen LogP contribution is 2.39. The van der Waals surface area contributed by atoms with Crippen molar-refractivity contribution in [1.29, 1.82) is 0 Å². The Bertz CT molecular complexity index is 1270. The molecule has 0 aliphatic carbocycles. The van der Waals surface area contributed by atoms with Crippen molar-refractivity contribution < 1.29 is 18.9 Å². The number of aromatic nitrogens is 4. The van der Waals surface area contributed by atoms with Crippen molar-refractivity contribution in [2.24, 2.45) is 0 Å². The van der Waals surface area contributed by atoms with Gasteiger partial charge in [0.15, 0.2) is 11.5 Å². The third kappa shape index (κ3) is 4.73. The van der Waals surface area contributed by atoms with E-state index in [0.717, 1.165) is 16.8 Å². The van der Waals surface area contributed by atoms with Gasteiger partial charge in [-0.15, -0.1) is 0 Å². The molecule has 0 bridgehead atoms. The van der Waals surface area contributed by atoms with E-state index in [1.54, 1.807) is 33.9 Å². The third-order valence-corrected chi connectivity index (χ3v) is 4.99. The van der Waals surface area contributed by atoms with E-state index in [4.69, 9.17) is 30.5 Å². The minimum absolute atomic E-state index is 0.00634. The molecule has 0 radical (unpaired) electrons. The van der Waals surface area contributed by atoms with Gasteiger partial charge in [-0.1, -0.05) is 0 Å². The topological polar surface area (TPSA) is 92.6 Å². The Balaban J connectivity index is 1.71. The number of nitrogens with one attached hydrogen (secondary N) is 1. The molecule has 33 heavy (non-hydrogen) atoms. The van der Waals surface area contributed by atoms with Gasteiger partial charge in [-0.2, -0.15) is 0 Å². The fourth-order valence-corrected chi connectivity index (χ4v) is 3.55. The van der Waals surface area contributed by atoms with Gasteiger partial charge in [-0.05, 0) is 25.4 Å². The Morgan fingerprint density at radius 1 is 0.970 bits per heavy atom. The Morgan fingerprint density at radius 3 is 2.33 bits per heavy atom. The number of rotatable bonds is 8.